The van der Waals surface area contributed by atoms with Gasteiger partial charge in [0.25, 0.3) is 0 Å². The number of carboxylic acids is 1. The first-order chi connectivity index (χ1) is 13.7. The number of rotatable bonds is 6. The van der Waals surface area contributed by atoms with Crippen LogP contribution in [0.25, 0.3) is 0 Å². The predicted octanol–water partition coefficient (Wildman–Crippen LogP) is 3.78. The third kappa shape index (κ3) is 4.40. The van der Waals surface area contributed by atoms with Crippen LogP contribution in [0.1, 0.15) is 25.7 Å². The summed E-state index contributed by atoms with van der Waals surface area (Å²) in [7, 11) is -3.89. The van der Waals surface area contributed by atoms with Crippen molar-refractivity contribution in [1.29, 1.82) is 0 Å². The highest BCUT2D eigenvalue weighted by Crippen LogP contribution is 2.43. The molecule has 0 radical (unpaired) electrons. The van der Waals surface area contributed by atoms with E-state index in [1.165, 1.54) is 12.1 Å². The Labute approximate surface area is 173 Å². The number of carboxylic acid groups (broad SMARTS) is 1. The van der Waals surface area contributed by atoms with Gasteiger partial charge >= 0.3 is 5.97 Å². The van der Waals surface area contributed by atoms with Crippen LogP contribution in [0.5, 0.6) is 11.5 Å². The van der Waals surface area contributed by atoms with Crippen LogP contribution in [0.4, 0.5) is 0 Å². The zero-order chi connectivity index (χ0) is 20.6. The molecule has 2 heterocycles. The summed E-state index contributed by atoms with van der Waals surface area (Å²) in [6.07, 6.45) is 1.40. The maximum Gasteiger partial charge on any atom is 0.306 e. The minimum absolute atomic E-state index is 0.0554. The Morgan fingerprint density at radius 2 is 1.76 bits per heavy atom. The van der Waals surface area contributed by atoms with Crippen molar-refractivity contribution in [2.45, 2.75) is 42.4 Å². The lowest BCUT2D eigenvalue weighted by Crippen LogP contribution is -2.52. The lowest BCUT2D eigenvalue weighted by Gasteiger charge is -2.36. The molecule has 2 N–H and O–H groups in total. The highest BCUT2D eigenvalue weighted by atomic mass is 35.5. The first kappa shape index (κ1) is 20.2. The Hall–Kier alpha value is -2.13. The summed E-state index contributed by atoms with van der Waals surface area (Å²) in [5.74, 6) is -0.485. The van der Waals surface area contributed by atoms with Gasteiger partial charge in [-0.15, -0.1) is 0 Å². The summed E-state index contributed by atoms with van der Waals surface area (Å²) < 4.78 is 39.9. The minimum atomic E-state index is -3.89. The molecule has 154 valence electrons. The SMILES string of the molecule is O=C(O)C1CC2CCC(NS(=O)(=O)c3ccc(Oc4ccc(Cl)cc4)cc3)(C1)O2. The number of nitrogens with one attached hydrogen (secondary N) is 1. The number of sulfonamides is 1. The molecular weight excluding hydrogens is 418 g/mol. The molecule has 2 aliphatic rings. The van der Waals surface area contributed by atoms with Crippen LogP contribution in [-0.4, -0.2) is 31.3 Å². The van der Waals surface area contributed by atoms with Crippen LogP contribution in [0, 0.1) is 5.92 Å². The lowest BCUT2D eigenvalue weighted by atomic mass is 9.93. The van der Waals surface area contributed by atoms with Crippen LogP contribution in [0.15, 0.2) is 53.4 Å². The second-order valence-electron chi connectivity index (χ2n) is 7.38. The van der Waals surface area contributed by atoms with E-state index in [4.69, 9.17) is 21.1 Å². The van der Waals surface area contributed by atoms with Crippen molar-refractivity contribution < 1.29 is 27.8 Å². The molecule has 2 saturated heterocycles. The Bertz CT molecular complexity index is 1010. The molecule has 2 fully saturated rings. The van der Waals surface area contributed by atoms with E-state index in [0.29, 0.717) is 35.8 Å². The Morgan fingerprint density at radius 3 is 2.38 bits per heavy atom. The van der Waals surface area contributed by atoms with E-state index in [2.05, 4.69) is 4.72 Å². The van der Waals surface area contributed by atoms with Gasteiger partial charge in [0.15, 0.2) is 0 Å². The number of hydrogen-bond donors (Lipinski definition) is 2. The molecule has 7 nitrogen and oxygen atoms in total. The third-order valence-corrected chi connectivity index (χ3v) is 7.02. The quantitative estimate of drug-likeness (QED) is 0.713. The van der Waals surface area contributed by atoms with E-state index in [-0.39, 0.29) is 17.4 Å². The maximum absolute atomic E-state index is 12.9. The zero-order valence-electron chi connectivity index (χ0n) is 15.4. The fraction of sp³-hybridized carbons (Fsp3) is 0.350. The number of halogens is 1. The van der Waals surface area contributed by atoms with E-state index >= 15 is 0 Å². The summed E-state index contributed by atoms with van der Waals surface area (Å²) in [4.78, 5) is 11.5. The molecule has 0 aliphatic carbocycles. The number of fused-ring (bicyclic) bond motifs is 2. The second kappa shape index (κ2) is 7.60. The van der Waals surface area contributed by atoms with Crippen molar-refractivity contribution in [1.82, 2.24) is 4.72 Å². The molecule has 2 aromatic rings. The van der Waals surface area contributed by atoms with E-state index < -0.39 is 27.6 Å². The number of hydrogen-bond acceptors (Lipinski definition) is 5. The molecule has 3 atom stereocenters. The number of ether oxygens (including phenoxy) is 2. The first-order valence-electron chi connectivity index (χ1n) is 9.23. The highest BCUT2D eigenvalue weighted by molar-refractivity contribution is 7.89. The largest absolute Gasteiger partial charge is 0.481 e. The normalized spacial score (nSPS) is 26.2. The fourth-order valence-corrected chi connectivity index (χ4v) is 5.34. The summed E-state index contributed by atoms with van der Waals surface area (Å²) >= 11 is 5.85. The Balaban J connectivity index is 1.49. The number of aliphatic carboxylic acids is 1. The average Bonchev–Trinajstić information content (AvgIpc) is 2.96. The lowest BCUT2D eigenvalue weighted by molar-refractivity contribution is -0.156. The van der Waals surface area contributed by atoms with Gasteiger partial charge in [-0.25, -0.2) is 8.42 Å². The summed E-state index contributed by atoms with van der Waals surface area (Å²) in [5.41, 5.74) is -1.16. The van der Waals surface area contributed by atoms with Crippen molar-refractivity contribution in [3.8, 4) is 11.5 Å². The van der Waals surface area contributed by atoms with E-state index in [0.717, 1.165) is 0 Å². The fourth-order valence-electron chi connectivity index (χ4n) is 3.88. The van der Waals surface area contributed by atoms with Crippen LogP contribution in [-0.2, 0) is 19.6 Å². The van der Waals surface area contributed by atoms with Gasteiger partial charge in [-0.3, -0.25) is 4.79 Å². The highest BCUT2D eigenvalue weighted by Gasteiger charge is 2.50. The van der Waals surface area contributed by atoms with Gasteiger partial charge in [-0.1, -0.05) is 11.6 Å². The van der Waals surface area contributed by atoms with Crippen molar-refractivity contribution in [2.75, 3.05) is 0 Å². The molecule has 2 bridgehead atoms. The third-order valence-electron chi connectivity index (χ3n) is 5.24. The molecule has 2 aromatic carbocycles. The van der Waals surface area contributed by atoms with Crippen LogP contribution in [0.3, 0.4) is 0 Å². The molecule has 0 amide bonds. The average molecular weight is 438 g/mol. The number of carbonyl (C=O) groups is 1. The molecule has 0 spiro atoms. The van der Waals surface area contributed by atoms with Gasteiger partial charge in [-0.05, 0) is 67.8 Å². The van der Waals surface area contributed by atoms with Gasteiger partial charge in [0.05, 0.1) is 16.9 Å². The van der Waals surface area contributed by atoms with Crippen LogP contribution in [0.2, 0.25) is 5.02 Å². The molecule has 4 rings (SSSR count). The van der Waals surface area contributed by atoms with Crippen LogP contribution < -0.4 is 9.46 Å². The molecule has 9 heteroatoms. The van der Waals surface area contributed by atoms with Gasteiger partial charge in [0, 0.05) is 11.4 Å². The molecular formula is C20H20ClNO6S. The predicted molar refractivity (Wildman–Crippen MR) is 105 cm³/mol. The second-order valence-corrected chi connectivity index (χ2v) is 9.50. The first-order valence-corrected chi connectivity index (χ1v) is 11.1. The maximum atomic E-state index is 12.9. The van der Waals surface area contributed by atoms with E-state index in [1.807, 2.05) is 0 Å². The molecule has 0 saturated carbocycles. The van der Waals surface area contributed by atoms with Crippen LogP contribution >= 0.6 is 11.6 Å². The zero-order valence-corrected chi connectivity index (χ0v) is 16.9. The van der Waals surface area contributed by atoms with Gasteiger partial charge in [-0.2, -0.15) is 4.72 Å². The van der Waals surface area contributed by atoms with Crippen molar-refractivity contribution in [3.63, 3.8) is 0 Å². The molecule has 0 aromatic heterocycles. The standard InChI is InChI=1S/C20H20ClNO6S/c21-14-1-3-15(4-2-14)27-16-5-7-18(8-6-16)29(25,26)22-20-10-9-17(28-20)11-13(12-20)19(23)24/h1-8,13,17,22H,9-12H2,(H,23,24). The van der Waals surface area contributed by atoms with Crippen molar-refractivity contribution >= 4 is 27.6 Å². The summed E-state index contributed by atoms with van der Waals surface area (Å²) in [6.45, 7) is 0. The van der Waals surface area contributed by atoms with Gasteiger partial charge in [0.1, 0.15) is 17.2 Å². The molecule has 2 aliphatic heterocycles. The van der Waals surface area contributed by atoms with Gasteiger partial charge in [0.2, 0.25) is 10.0 Å². The van der Waals surface area contributed by atoms with E-state index in [9.17, 15) is 18.3 Å². The van der Waals surface area contributed by atoms with E-state index in [1.54, 1.807) is 36.4 Å². The van der Waals surface area contributed by atoms with Crippen molar-refractivity contribution in [3.05, 3.63) is 53.6 Å². The topological polar surface area (TPSA) is 102 Å². The minimum Gasteiger partial charge on any atom is -0.481 e. The number of benzene rings is 2. The summed E-state index contributed by atoms with van der Waals surface area (Å²) in [5, 5.41) is 9.94. The monoisotopic (exact) mass is 437 g/mol. The molecule has 3 unspecified atom stereocenters. The molecule has 29 heavy (non-hydrogen) atoms. The Kier molecular flexibility index (Phi) is 5.29. The Morgan fingerprint density at radius 1 is 1.14 bits per heavy atom. The van der Waals surface area contributed by atoms with Gasteiger partial charge < -0.3 is 14.6 Å². The van der Waals surface area contributed by atoms with Crippen molar-refractivity contribution in [2.24, 2.45) is 5.92 Å². The summed E-state index contributed by atoms with van der Waals surface area (Å²) in [6, 6.07) is 12.8. The smallest absolute Gasteiger partial charge is 0.306 e.